The van der Waals surface area contributed by atoms with Gasteiger partial charge in [0.2, 0.25) is 41.7 Å². The van der Waals surface area contributed by atoms with E-state index in [4.69, 9.17) is 114 Å². The number of aromatic hydroxyl groups is 1. The smallest absolute Gasteiger partial charge is 0.256 e. The van der Waals surface area contributed by atoms with Crippen LogP contribution in [0.15, 0.2) is 54.7 Å². The zero-order chi connectivity index (χ0) is 96.3. The number of phenolic OH excluding ortho intramolecular Hbond substituents is 1. The monoisotopic (exact) mass is 1930 g/mol. The summed E-state index contributed by atoms with van der Waals surface area (Å²) in [6.45, 7) is 8.17. The quantitative estimate of drug-likeness (QED) is 0.0154. The maximum absolute atomic E-state index is 14.3. The number of halogens is 1. The molecule has 2 aromatic heterocycles. The van der Waals surface area contributed by atoms with E-state index in [1.54, 1.807) is 44.3 Å². The van der Waals surface area contributed by atoms with E-state index in [-0.39, 0.29) is 324 Å². The van der Waals surface area contributed by atoms with Crippen LogP contribution >= 0.6 is 0 Å². The van der Waals surface area contributed by atoms with Crippen LogP contribution in [0.1, 0.15) is 72.1 Å². The first-order valence-electron chi connectivity index (χ1n) is 45.4. The van der Waals surface area contributed by atoms with Crippen molar-refractivity contribution in [3.05, 3.63) is 60.5 Å². The Bertz CT molecular complexity index is 4120. The topological polar surface area (TPSA) is 589 Å². The van der Waals surface area contributed by atoms with Crippen molar-refractivity contribution in [2.45, 2.75) is 163 Å². The number of aliphatic hydroxyl groups excluding tert-OH is 6. The highest BCUT2D eigenvalue weighted by Gasteiger charge is 2.63. The molecule has 1 unspecified atom stereocenters. The van der Waals surface area contributed by atoms with Crippen LogP contribution in [-0.2, 0) is 138 Å². The third kappa shape index (κ3) is 34.4. The second kappa shape index (κ2) is 57.4. The minimum absolute atomic E-state index is 0.0353. The fourth-order valence-electron chi connectivity index (χ4n) is 14.8. The largest absolute Gasteiger partial charge is 0.505 e. The molecule has 48 heteroatoms. The van der Waals surface area contributed by atoms with Gasteiger partial charge in [0.05, 0.1) is 235 Å². The highest BCUT2D eigenvalue weighted by Crippen LogP contribution is 2.41. The van der Waals surface area contributed by atoms with Gasteiger partial charge in [-0.05, 0) is 42.8 Å². The minimum atomic E-state index is -1.80. The van der Waals surface area contributed by atoms with Crippen molar-refractivity contribution >= 4 is 52.1 Å². The predicted octanol–water partition coefficient (Wildman–Crippen LogP) is -3.08. The predicted molar refractivity (Wildman–Crippen MR) is 461 cm³/mol. The van der Waals surface area contributed by atoms with E-state index >= 15 is 0 Å². The van der Waals surface area contributed by atoms with Gasteiger partial charge in [0.15, 0.2) is 24.1 Å². The van der Waals surface area contributed by atoms with Gasteiger partial charge in [-0.25, -0.2) is 14.1 Å². The molecule has 0 saturated carbocycles. The van der Waals surface area contributed by atoms with Gasteiger partial charge in [0.25, 0.3) is 5.79 Å². The zero-order valence-electron chi connectivity index (χ0n) is 76.3. The summed E-state index contributed by atoms with van der Waals surface area (Å²) in [6, 6.07) is 9.84. The molecule has 135 heavy (non-hydrogen) atoms. The summed E-state index contributed by atoms with van der Waals surface area (Å²) in [5.74, 6) is -4.96. The van der Waals surface area contributed by atoms with Crippen molar-refractivity contribution in [2.75, 3.05) is 238 Å². The molecule has 4 aromatic rings. The number of rotatable bonds is 71. The third-order valence-corrected chi connectivity index (χ3v) is 22.2. The van der Waals surface area contributed by atoms with Gasteiger partial charge in [-0.3, -0.25) is 33.6 Å². The van der Waals surface area contributed by atoms with Crippen LogP contribution in [0.25, 0.3) is 28.0 Å². The van der Waals surface area contributed by atoms with E-state index in [0.717, 1.165) is 11.5 Å². The van der Waals surface area contributed by atoms with Crippen LogP contribution in [0.2, 0.25) is 0 Å². The molecule has 8 heterocycles. The lowest BCUT2D eigenvalue weighted by Crippen LogP contribution is -2.66. The number of nitrogens with zero attached hydrogens (tertiary/aromatic N) is 4. The van der Waals surface area contributed by atoms with Gasteiger partial charge in [-0.2, -0.15) is 9.78 Å². The fraction of sp³-hybridized carbons (Fsp3) is 0.724. The van der Waals surface area contributed by atoms with Gasteiger partial charge in [0.1, 0.15) is 89.8 Å². The Kier molecular flexibility index (Phi) is 46.3. The van der Waals surface area contributed by atoms with Gasteiger partial charge >= 0.3 is 0 Å². The first kappa shape index (κ1) is 109. The van der Waals surface area contributed by atoms with Gasteiger partial charge in [-0.15, -0.1) is 5.10 Å². The molecule has 6 fully saturated rings. The first-order valence-corrected chi connectivity index (χ1v) is 45.4. The number of carbonyl (C=O) groups is 7. The summed E-state index contributed by atoms with van der Waals surface area (Å²) in [6.07, 6.45) is -9.60. The van der Waals surface area contributed by atoms with Gasteiger partial charge < -0.3 is 167 Å². The van der Waals surface area contributed by atoms with E-state index in [0.29, 0.717) is 28.3 Å². The average molecular weight is 1930 g/mol. The van der Waals surface area contributed by atoms with Crippen LogP contribution in [0.5, 0.6) is 11.5 Å². The standard InChI is InChI=1S/C87H131FN10O37/c1-4-67(102)94-73-76(108)79(111)86(55-130-82(73)132-86)53-126-43-40-120-37-34-117-31-28-114-25-18-90-70(105)15-22-123-50-84(47-60(100)7-6-20-128-61-10-12-63-58(45-61)8-11-64(93-63)65-48-98(97-96-65)59-9-13-66(101)62(88)46-59,49-122-21-14-69(104)89-17-24-113-27-30-116-33-36-119-39-42-125-52-85-54-129-81(131-85)72(92-57(3)99)75(107)78(85)110)51-124-23-16-71(106)91-19-26-115-29-32-118-35-38-121-41-44-127-56-87-80(112)77(109)74(95-68(103)5-2)83(133-87)134-135-87/h8-13,45-46,48,72-83,101,107-112H,4-7,14-44,47,49-56H2,1-3H3,(H,89,104)(H,90,105)(H,91,106)(H,92,99)(H,94,102)(H,95,103)/t72-,73-,74-,75-,76-,77-,78-,79-,80-,81+,82+,83-,84?,85+,86+,87+/m1/s1. The average Bonchev–Trinajstić information content (AvgIpc) is 1.61. The van der Waals surface area contributed by atoms with Crippen molar-refractivity contribution in [3.8, 4) is 28.6 Å². The molecule has 2 aromatic carbocycles. The number of aromatic nitrogens is 4. The second-order valence-corrected chi connectivity index (χ2v) is 32.7. The fourth-order valence-corrected chi connectivity index (χ4v) is 14.8. The molecule has 6 saturated heterocycles. The molecular formula is C87H131FN10O37. The maximum atomic E-state index is 14.3. The second-order valence-electron chi connectivity index (χ2n) is 32.7. The van der Waals surface area contributed by atoms with E-state index in [1.807, 2.05) is 6.07 Å². The molecule has 6 amide bonds. The molecule has 6 aliphatic heterocycles. The number of hydrogen-bond acceptors (Lipinski definition) is 40. The number of Topliss-reactive ketones (excluding diaryl/α,β-unsaturated/α-hetero) is 1. The summed E-state index contributed by atoms with van der Waals surface area (Å²) in [7, 11) is 0. The lowest BCUT2D eigenvalue weighted by atomic mass is 9.84. The summed E-state index contributed by atoms with van der Waals surface area (Å²) in [4.78, 5) is 104. The van der Waals surface area contributed by atoms with Crippen LogP contribution in [0, 0.1) is 11.2 Å². The Morgan fingerprint density at radius 1 is 0.474 bits per heavy atom. The molecule has 10 rings (SSSR count). The highest BCUT2D eigenvalue weighted by molar-refractivity contribution is 5.83. The van der Waals surface area contributed by atoms with Crippen molar-refractivity contribution < 1.29 is 183 Å². The maximum Gasteiger partial charge on any atom is 0.256 e. The van der Waals surface area contributed by atoms with Crippen LogP contribution in [0.4, 0.5) is 4.39 Å². The normalized spacial score (nSPS) is 24.8. The van der Waals surface area contributed by atoms with Crippen molar-refractivity contribution in [1.29, 1.82) is 0 Å². The number of pyridine rings is 1. The van der Waals surface area contributed by atoms with Gasteiger partial charge in [0, 0.05) is 88.4 Å². The molecule has 13 N–H and O–H groups in total. The summed E-state index contributed by atoms with van der Waals surface area (Å²) in [5, 5.41) is 99.2. The van der Waals surface area contributed by atoms with Crippen LogP contribution < -0.4 is 36.6 Å². The number of fused-ring (bicyclic) bond motifs is 7. The van der Waals surface area contributed by atoms with Gasteiger partial charge in [-0.1, -0.05) is 25.1 Å². The number of carbonyl (C=O) groups excluding carboxylic acids is 7. The lowest BCUT2D eigenvalue weighted by Gasteiger charge is -2.42. The molecule has 758 valence electrons. The summed E-state index contributed by atoms with van der Waals surface area (Å²) in [5.41, 5.74) is -1.93. The van der Waals surface area contributed by atoms with Crippen molar-refractivity contribution in [2.24, 2.45) is 5.41 Å². The first-order chi connectivity index (χ1) is 65.4. The van der Waals surface area contributed by atoms with Crippen molar-refractivity contribution in [3.63, 3.8) is 0 Å². The number of hydrogen-bond donors (Lipinski definition) is 13. The SMILES string of the molecule is CCC(=O)N[C@H]1[C@H]2OC[C@](COCCOCCOCCOCCNC(=O)CCOCC(COCCC(=O)NCCOCCOCCOCCOC[C@@]34CO[C@@H](O3)[C@H](NC(C)=O)[C@@H](O)[C@H]4O)(COCCC(=O)NCCOCCOCCOCCOC[C@@]34OO[C@@H](O3)[C@H](NC(=O)CC)[C@@H](O)[C@H]4O)CC(=O)CCCOc3ccc4nc(-c5cn(-c6ccc(O)c(F)c6)nn5)ccc4c3)(O2)[C@H](O)[C@@H]1O. The number of aliphatic hydroxyl groups is 6. The van der Waals surface area contributed by atoms with Crippen molar-refractivity contribution in [1.82, 2.24) is 51.9 Å². The number of ketones is 1. The molecule has 0 aliphatic carbocycles. The highest BCUT2D eigenvalue weighted by atomic mass is 19.1. The lowest BCUT2D eigenvalue weighted by molar-refractivity contribution is -0.358. The number of phenols is 1. The number of ether oxygens (including phenoxy) is 21. The van der Waals surface area contributed by atoms with Crippen LogP contribution in [-0.4, -0.2) is 425 Å². The third-order valence-electron chi connectivity index (χ3n) is 22.2. The number of amides is 6. The molecule has 6 bridgehead atoms. The van der Waals surface area contributed by atoms with Crippen LogP contribution in [0.3, 0.4) is 0 Å². The minimum Gasteiger partial charge on any atom is -0.505 e. The van der Waals surface area contributed by atoms with E-state index in [2.05, 4.69) is 42.2 Å². The van der Waals surface area contributed by atoms with E-state index < -0.39 is 113 Å². The Morgan fingerprint density at radius 3 is 1.39 bits per heavy atom. The molecule has 6 aliphatic rings. The Hall–Kier alpha value is -8.11. The summed E-state index contributed by atoms with van der Waals surface area (Å²) < 4.78 is 136. The molecule has 0 radical (unpaired) electrons. The molecule has 16 atom stereocenters. The Morgan fingerprint density at radius 2 is 0.919 bits per heavy atom. The Labute approximate surface area is 778 Å². The zero-order valence-corrected chi connectivity index (χ0v) is 76.3. The molecule has 47 nitrogen and oxygen atoms in total. The van der Waals surface area contributed by atoms with E-state index in [9.17, 15) is 73.7 Å². The summed E-state index contributed by atoms with van der Waals surface area (Å²) >= 11 is 0. The van der Waals surface area contributed by atoms with E-state index in [1.165, 1.54) is 23.7 Å². The number of nitrogens with one attached hydrogen (secondary N) is 6. The molecular weight excluding hydrogens is 1800 g/mol. The molecule has 0 spiro atoms. The Balaban J connectivity index is 0.645. The number of benzene rings is 2.